The number of carbonyl (C=O) groups is 3. The van der Waals surface area contributed by atoms with Crippen molar-refractivity contribution in [2.24, 2.45) is 9.98 Å². The van der Waals surface area contributed by atoms with E-state index in [1.54, 1.807) is 67.2 Å². The van der Waals surface area contributed by atoms with Gasteiger partial charge in [-0.05, 0) is 91.4 Å². The Morgan fingerprint density at radius 2 is 1.32 bits per heavy atom. The van der Waals surface area contributed by atoms with Gasteiger partial charge in [-0.3, -0.25) is 29.3 Å². The first-order valence-corrected chi connectivity index (χ1v) is 27.9. The second kappa shape index (κ2) is 25.1. The zero-order chi connectivity index (χ0) is 53.2. The molecule has 0 spiro atoms. The number of hydrogen-bond donors (Lipinski definition) is 1. The van der Waals surface area contributed by atoms with Crippen LogP contribution < -0.4 is 33.6 Å². The number of anilines is 3. The molecule has 0 fully saturated rings. The van der Waals surface area contributed by atoms with Crippen LogP contribution in [0.1, 0.15) is 76.1 Å². The third-order valence-electron chi connectivity index (χ3n) is 13.5. The minimum Gasteiger partial charge on any atom is -0.493 e. The molecule has 0 radical (unpaired) electrons. The zero-order valence-electron chi connectivity index (χ0n) is 43.7. The molecule has 4 aliphatic heterocycles. The zero-order valence-corrected chi connectivity index (χ0v) is 45.3. The molecule has 2 amide bonds. The van der Waals surface area contributed by atoms with Gasteiger partial charge < -0.3 is 48.1 Å². The standard InChI is InChI=1S/C58H65N5O11S2/c1-58(2,76-75-24-10-15-55(64)65)37-61(18-19-71-22-23-72-21-20-68-3)43-26-38(35-73-53-32-47-45(30-51(53)69-4)56(66)62-42(16-17-59-47)28-40-11-6-8-13-49(40)62)25-39(27-43)36-74-54-33-48-46(31-52(54)70-5)57(67)63-44(34-60-48)29-41-12-7-9-14-50(41)63/h6-9,11-14,17,25-27,30-34,42,44H,10,15-16,18-24,28-29,35-37H2,1-5H3,(H,64,65). The van der Waals surface area contributed by atoms with E-state index >= 15 is 0 Å². The fraction of sp³-hybridized carbons (Fsp3) is 0.397. The highest BCUT2D eigenvalue weighted by atomic mass is 33.1. The first-order valence-electron chi connectivity index (χ1n) is 25.6. The number of ether oxygens (including phenoxy) is 7. The van der Waals surface area contributed by atoms with Gasteiger partial charge in [-0.25, -0.2) is 0 Å². The molecule has 0 aromatic heterocycles. The summed E-state index contributed by atoms with van der Waals surface area (Å²) in [4.78, 5) is 55.4. The van der Waals surface area contributed by atoms with E-state index in [9.17, 15) is 19.5 Å². The van der Waals surface area contributed by atoms with Crippen LogP contribution in [0.25, 0.3) is 0 Å². The molecular formula is C58H65N5O11S2. The average Bonchev–Trinajstić information content (AvgIpc) is 3.98. The van der Waals surface area contributed by atoms with E-state index < -0.39 is 5.97 Å². The van der Waals surface area contributed by atoms with E-state index in [0.717, 1.165) is 45.7 Å². The van der Waals surface area contributed by atoms with Gasteiger partial charge in [0.05, 0.1) is 75.8 Å². The molecule has 76 heavy (non-hydrogen) atoms. The summed E-state index contributed by atoms with van der Waals surface area (Å²) >= 11 is 0. The average molecular weight is 1070 g/mol. The molecule has 0 saturated heterocycles. The minimum atomic E-state index is -0.800. The molecule has 0 aliphatic carbocycles. The molecule has 4 heterocycles. The second-order valence-electron chi connectivity index (χ2n) is 19.5. The summed E-state index contributed by atoms with van der Waals surface area (Å²) in [5.74, 6) is 1.27. The first kappa shape index (κ1) is 54.2. The number of para-hydroxylation sites is 2. The lowest BCUT2D eigenvalue weighted by Gasteiger charge is -2.34. The van der Waals surface area contributed by atoms with Gasteiger partial charge >= 0.3 is 5.97 Å². The van der Waals surface area contributed by atoms with Crippen molar-refractivity contribution in [3.63, 3.8) is 0 Å². The summed E-state index contributed by atoms with van der Waals surface area (Å²) in [6, 6.07) is 28.9. The van der Waals surface area contributed by atoms with Crippen molar-refractivity contribution in [1.82, 2.24) is 0 Å². The molecule has 4 aliphatic rings. The van der Waals surface area contributed by atoms with Crippen molar-refractivity contribution in [2.75, 3.05) is 87.9 Å². The number of carboxylic acid groups (broad SMARTS) is 1. The van der Waals surface area contributed by atoms with Crippen LogP contribution in [0.5, 0.6) is 23.0 Å². The maximum atomic E-state index is 14.4. The van der Waals surface area contributed by atoms with Gasteiger partial charge in [0, 0.05) is 97.6 Å². The number of amides is 2. The Balaban J connectivity index is 1.01. The van der Waals surface area contributed by atoms with Gasteiger partial charge in [0.25, 0.3) is 11.8 Å². The lowest BCUT2D eigenvalue weighted by Crippen LogP contribution is -2.38. The summed E-state index contributed by atoms with van der Waals surface area (Å²) in [6.45, 7) is 8.00. The van der Waals surface area contributed by atoms with E-state index in [1.807, 2.05) is 70.8 Å². The Hall–Kier alpha value is -6.57. The number of methoxy groups -OCH3 is 3. The fourth-order valence-corrected chi connectivity index (χ4v) is 12.5. The quantitative estimate of drug-likeness (QED) is 0.0410. The highest BCUT2D eigenvalue weighted by molar-refractivity contribution is 8.77. The molecule has 18 heteroatoms. The second-order valence-corrected chi connectivity index (χ2v) is 22.6. The summed E-state index contributed by atoms with van der Waals surface area (Å²) < 4.78 is 41.7. The number of benzene rings is 5. The lowest BCUT2D eigenvalue weighted by atomic mass is 10.1. The Morgan fingerprint density at radius 1 is 0.724 bits per heavy atom. The Labute approximate surface area is 452 Å². The summed E-state index contributed by atoms with van der Waals surface area (Å²) in [7, 11) is 8.15. The molecule has 9 rings (SSSR count). The molecular weight excluding hydrogens is 1010 g/mol. The topological polar surface area (TPSA) is 170 Å². The number of carboxylic acids is 1. The molecule has 0 saturated carbocycles. The van der Waals surface area contributed by atoms with Crippen molar-refractivity contribution in [3.05, 3.63) is 124 Å². The molecule has 16 nitrogen and oxygen atoms in total. The lowest BCUT2D eigenvalue weighted by molar-refractivity contribution is -0.137. The van der Waals surface area contributed by atoms with Crippen molar-refractivity contribution in [3.8, 4) is 23.0 Å². The van der Waals surface area contributed by atoms with Crippen molar-refractivity contribution < 1.29 is 52.6 Å². The van der Waals surface area contributed by atoms with E-state index in [2.05, 4.69) is 36.9 Å². The number of aliphatic imine (C=N–C) groups is 2. The van der Waals surface area contributed by atoms with E-state index in [4.69, 9.17) is 43.1 Å². The summed E-state index contributed by atoms with van der Waals surface area (Å²) in [6.07, 6.45) is 6.47. The van der Waals surface area contributed by atoms with Gasteiger partial charge in [0.1, 0.15) is 13.2 Å². The number of carbonyl (C=O) groups excluding carboxylic acids is 2. The van der Waals surface area contributed by atoms with Crippen LogP contribution in [-0.2, 0) is 45.1 Å². The molecule has 2 atom stereocenters. The first-order chi connectivity index (χ1) is 36.9. The van der Waals surface area contributed by atoms with Crippen molar-refractivity contribution >= 4 is 80.2 Å². The predicted molar refractivity (Wildman–Crippen MR) is 300 cm³/mol. The molecule has 1 N–H and O–H groups in total. The van der Waals surface area contributed by atoms with Gasteiger partial charge in [0.15, 0.2) is 23.0 Å². The van der Waals surface area contributed by atoms with Gasteiger partial charge in [-0.1, -0.05) is 58.0 Å². The SMILES string of the molecule is COCCOCCOCCN(CC(C)(C)SSCCCC(=O)O)c1cc(COc2cc3c(cc2OC)C(=O)N2c4ccccc4CC2C=N3)cc(COc2cc3c(cc2OC)C(=O)N2c4ccccc4CC2CC=N3)c1. The highest BCUT2D eigenvalue weighted by Crippen LogP contribution is 2.44. The number of rotatable bonds is 26. The summed E-state index contributed by atoms with van der Waals surface area (Å²) in [5, 5.41) is 9.23. The highest BCUT2D eigenvalue weighted by Gasteiger charge is 2.38. The number of hydrogen-bond acceptors (Lipinski definition) is 15. The van der Waals surface area contributed by atoms with Crippen LogP contribution in [0.2, 0.25) is 0 Å². The van der Waals surface area contributed by atoms with Crippen LogP contribution >= 0.6 is 21.6 Å². The molecule has 400 valence electrons. The van der Waals surface area contributed by atoms with Crippen molar-refractivity contribution in [2.45, 2.75) is 76.0 Å². The Bertz CT molecular complexity index is 2970. The molecule has 0 bridgehead atoms. The molecule has 5 aromatic carbocycles. The van der Waals surface area contributed by atoms with Crippen molar-refractivity contribution in [1.29, 1.82) is 0 Å². The maximum Gasteiger partial charge on any atom is 0.303 e. The third kappa shape index (κ3) is 12.8. The fourth-order valence-electron chi connectivity index (χ4n) is 9.94. The molecule has 2 unspecified atom stereocenters. The van der Waals surface area contributed by atoms with E-state index in [0.29, 0.717) is 117 Å². The third-order valence-corrected chi connectivity index (χ3v) is 16.9. The van der Waals surface area contributed by atoms with Gasteiger partial charge in [-0.15, -0.1) is 0 Å². The summed E-state index contributed by atoms with van der Waals surface area (Å²) in [5.41, 5.74) is 8.43. The minimum absolute atomic E-state index is 0.0283. The van der Waals surface area contributed by atoms with E-state index in [-0.39, 0.29) is 48.3 Å². The van der Waals surface area contributed by atoms with Crippen LogP contribution in [-0.4, -0.2) is 125 Å². The van der Waals surface area contributed by atoms with Crippen LogP contribution in [0, 0.1) is 0 Å². The normalized spacial score (nSPS) is 16.2. The Morgan fingerprint density at radius 3 is 1.96 bits per heavy atom. The Kier molecular flexibility index (Phi) is 17.9. The van der Waals surface area contributed by atoms with Crippen LogP contribution in [0.3, 0.4) is 0 Å². The van der Waals surface area contributed by atoms with Gasteiger partial charge in [-0.2, -0.15) is 0 Å². The largest absolute Gasteiger partial charge is 0.493 e. The molecule has 5 aromatic rings. The number of fused-ring (bicyclic) bond motifs is 8. The van der Waals surface area contributed by atoms with Gasteiger partial charge in [0.2, 0.25) is 0 Å². The smallest absolute Gasteiger partial charge is 0.303 e. The van der Waals surface area contributed by atoms with Crippen LogP contribution in [0.4, 0.5) is 28.4 Å². The number of aliphatic carboxylic acids is 1. The monoisotopic (exact) mass is 1070 g/mol. The maximum absolute atomic E-state index is 14.4. The van der Waals surface area contributed by atoms with E-state index in [1.165, 1.54) is 0 Å². The number of nitrogens with zero attached hydrogens (tertiary/aromatic N) is 5. The predicted octanol–water partition coefficient (Wildman–Crippen LogP) is 10.3. The van der Waals surface area contributed by atoms with Crippen LogP contribution in [0.15, 0.2) is 101 Å².